The van der Waals surface area contributed by atoms with Crippen molar-refractivity contribution in [2.24, 2.45) is 0 Å². The Morgan fingerprint density at radius 1 is 1.19 bits per heavy atom. The van der Waals surface area contributed by atoms with Gasteiger partial charge in [-0.3, -0.25) is 4.79 Å². The third kappa shape index (κ3) is 4.37. The fourth-order valence-corrected chi connectivity index (χ4v) is 5.38. The second-order valence-corrected chi connectivity index (χ2v) is 10.3. The molecule has 1 aliphatic carbocycles. The zero-order valence-corrected chi connectivity index (χ0v) is 17.6. The molecular formula is C21H32N2O3S. The largest absolute Gasteiger partial charge is 0.335 e. The van der Waals surface area contributed by atoms with E-state index in [4.69, 9.17) is 0 Å². The molecule has 1 saturated carbocycles. The number of carbonyl (C=O) groups is 1. The minimum atomic E-state index is -3.21. The Hall–Kier alpha value is -1.40. The Balaban J connectivity index is 1.77. The number of amides is 1. The molecule has 1 aliphatic heterocycles. The van der Waals surface area contributed by atoms with E-state index in [1.54, 1.807) is 24.3 Å². The van der Waals surface area contributed by atoms with Crippen LogP contribution in [0.15, 0.2) is 29.2 Å². The lowest BCUT2D eigenvalue weighted by atomic mass is 9.79. The van der Waals surface area contributed by atoms with Crippen molar-refractivity contribution in [3.8, 4) is 0 Å². The summed E-state index contributed by atoms with van der Waals surface area (Å²) in [7, 11) is -1.05. The van der Waals surface area contributed by atoms with Gasteiger partial charge in [-0.25, -0.2) is 8.42 Å². The van der Waals surface area contributed by atoms with Gasteiger partial charge in [-0.1, -0.05) is 38.3 Å². The van der Waals surface area contributed by atoms with Crippen LogP contribution >= 0.6 is 0 Å². The molecule has 3 rings (SSSR count). The molecule has 1 spiro atoms. The van der Waals surface area contributed by atoms with Gasteiger partial charge in [0.2, 0.25) is 5.91 Å². The van der Waals surface area contributed by atoms with Crippen molar-refractivity contribution in [2.45, 2.75) is 68.3 Å². The molecule has 0 bridgehead atoms. The third-order valence-electron chi connectivity index (χ3n) is 6.50. The number of carbonyl (C=O) groups excluding carboxylic acids is 1. The lowest BCUT2D eigenvalue weighted by Gasteiger charge is -2.41. The van der Waals surface area contributed by atoms with Crippen molar-refractivity contribution in [2.75, 3.05) is 26.4 Å². The first-order valence-corrected chi connectivity index (χ1v) is 11.9. The third-order valence-corrected chi connectivity index (χ3v) is 7.62. The normalized spacial score (nSPS) is 22.5. The van der Waals surface area contributed by atoms with Crippen LogP contribution in [0.4, 0.5) is 0 Å². The van der Waals surface area contributed by atoms with Crippen LogP contribution in [0, 0.1) is 0 Å². The van der Waals surface area contributed by atoms with Crippen LogP contribution in [0.25, 0.3) is 0 Å². The summed E-state index contributed by atoms with van der Waals surface area (Å²) in [5, 5.41) is 0. The van der Waals surface area contributed by atoms with E-state index in [9.17, 15) is 13.2 Å². The average molecular weight is 393 g/mol. The molecule has 1 atom stereocenters. The Morgan fingerprint density at radius 2 is 1.81 bits per heavy atom. The van der Waals surface area contributed by atoms with Crippen molar-refractivity contribution in [1.29, 1.82) is 0 Å². The first-order valence-electron chi connectivity index (χ1n) is 10.0. The lowest BCUT2D eigenvalue weighted by Crippen LogP contribution is -2.49. The van der Waals surface area contributed by atoms with Gasteiger partial charge in [0, 0.05) is 24.4 Å². The topological polar surface area (TPSA) is 57.7 Å². The Kier molecular flexibility index (Phi) is 5.96. The number of likely N-dealkylation sites (N-methyl/N-ethyl adjacent to an activating group) is 1. The molecule has 0 aromatic heterocycles. The van der Waals surface area contributed by atoms with E-state index in [0.717, 1.165) is 37.9 Å². The van der Waals surface area contributed by atoms with E-state index in [0.29, 0.717) is 17.4 Å². The van der Waals surface area contributed by atoms with Crippen LogP contribution in [0.2, 0.25) is 0 Å². The van der Waals surface area contributed by atoms with Crippen LogP contribution in [0.3, 0.4) is 0 Å². The van der Waals surface area contributed by atoms with Gasteiger partial charge in [0.1, 0.15) is 0 Å². The molecule has 2 fully saturated rings. The van der Waals surface area contributed by atoms with Crippen molar-refractivity contribution < 1.29 is 13.2 Å². The maximum Gasteiger partial charge on any atom is 0.227 e. The van der Waals surface area contributed by atoms with Crippen LogP contribution in [-0.2, 0) is 21.1 Å². The summed E-state index contributed by atoms with van der Waals surface area (Å²) in [4.78, 5) is 18.0. The van der Waals surface area contributed by atoms with E-state index >= 15 is 0 Å². The summed E-state index contributed by atoms with van der Waals surface area (Å²) in [5.74, 6) is 0.177. The number of sulfone groups is 1. The molecule has 1 saturated heterocycles. The van der Waals surface area contributed by atoms with E-state index < -0.39 is 9.84 Å². The first-order chi connectivity index (χ1) is 12.7. The van der Waals surface area contributed by atoms with Crippen molar-refractivity contribution in [3.05, 3.63) is 29.8 Å². The average Bonchev–Trinajstić information content (AvgIpc) is 3.00. The highest BCUT2D eigenvalue weighted by Gasteiger charge is 2.48. The second-order valence-electron chi connectivity index (χ2n) is 8.31. The quantitative estimate of drug-likeness (QED) is 0.773. The molecule has 1 aromatic carbocycles. The maximum absolute atomic E-state index is 13.2. The molecule has 0 unspecified atom stereocenters. The van der Waals surface area contributed by atoms with Crippen molar-refractivity contribution in [1.82, 2.24) is 9.80 Å². The number of nitrogens with zero attached hydrogens (tertiary/aromatic N) is 2. The fraction of sp³-hybridized carbons (Fsp3) is 0.667. The highest BCUT2D eigenvalue weighted by atomic mass is 32.2. The summed E-state index contributed by atoms with van der Waals surface area (Å²) in [5.41, 5.74) is 0.904. The van der Waals surface area contributed by atoms with Gasteiger partial charge in [-0.05, 0) is 50.6 Å². The minimum absolute atomic E-state index is 0.0239. The van der Waals surface area contributed by atoms with Crippen molar-refractivity contribution in [3.63, 3.8) is 0 Å². The minimum Gasteiger partial charge on any atom is -0.335 e. The first kappa shape index (κ1) is 20.3. The van der Waals surface area contributed by atoms with Crippen molar-refractivity contribution >= 4 is 15.7 Å². The number of benzene rings is 1. The summed E-state index contributed by atoms with van der Waals surface area (Å²) in [6, 6.07) is 7.18. The lowest BCUT2D eigenvalue weighted by molar-refractivity contribution is -0.135. The Bertz CT molecular complexity index is 767. The van der Waals surface area contributed by atoms with E-state index in [1.165, 1.54) is 25.5 Å². The molecule has 1 aromatic rings. The van der Waals surface area contributed by atoms with Gasteiger partial charge in [0.05, 0.1) is 11.3 Å². The summed E-state index contributed by atoms with van der Waals surface area (Å²) in [6.45, 7) is 3.97. The van der Waals surface area contributed by atoms with Crippen LogP contribution < -0.4 is 0 Å². The van der Waals surface area contributed by atoms with Gasteiger partial charge >= 0.3 is 0 Å². The van der Waals surface area contributed by atoms with Gasteiger partial charge < -0.3 is 9.80 Å². The smallest absolute Gasteiger partial charge is 0.227 e. The molecule has 2 aliphatic rings. The van der Waals surface area contributed by atoms with Gasteiger partial charge in [0.15, 0.2) is 9.84 Å². The molecular weight excluding hydrogens is 360 g/mol. The zero-order chi connectivity index (χ0) is 19.7. The predicted molar refractivity (Wildman–Crippen MR) is 107 cm³/mol. The second kappa shape index (κ2) is 7.92. The molecule has 5 nitrogen and oxygen atoms in total. The predicted octanol–water partition coefficient (Wildman–Crippen LogP) is 2.89. The summed E-state index contributed by atoms with van der Waals surface area (Å²) >= 11 is 0. The SMILES string of the molecule is CCN(C)[C@@H]1CN(C(=O)Cc2ccc(S(C)(=O)=O)cc2)C2(CCCCC2)C1. The molecule has 0 N–H and O–H groups in total. The van der Waals surface area contributed by atoms with E-state index in [-0.39, 0.29) is 11.4 Å². The molecule has 1 amide bonds. The summed E-state index contributed by atoms with van der Waals surface area (Å²) in [6.07, 6.45) is 8.52. The summed E-state index contributed by atoms with van der Waals surface area (Å²) < 4.78 is 23.3. The van der Waals surface area contributed by atoms with Crippen LogP contribution in [0.5, 0.6) is 0 Å². The monoisotopic (exact) mass is 392 g/mol. The maximum atomic E-state index is 13.2. The van der Waals surface area contributed by atoms with Gasteiger partial charge in [0.25, 0.3) is 0 Å². The molecule has 1 heterocycles. The van der Waals surface area contributed by atoms with E-state index in [1.807, 2.05) is 0 Å². The standard InChI is InChI=1S/C21H32N2O3S/c1-4-22(2)18-15-21(12-6-5-7-13-21)23(16-18)20(24)14-17-8-10-19(11-9-17)27(3,25)26/h8-11,18H,4-7,12-16H2,1-3H3/t18-/m0/s1. The number of likely N-dealkylation sites (tertiary alicyclic amines) is 1. The number of rotatable bonds is 5. The van der Waals surface area contributed by atoms with Crippen LogP contribution in [0.1, 0.15) is 51.0 Å². The number of hydrogen-bond donors (Lipinski definition) is 0. The molecule has 0 radical (unpaired) electrons. The van der Waals surface area contributed by atoms with Gasteiger partial charge in [-0.2, -0.15) is 0 Å². The van der Waals surface area contributed by atoms with Gasteiger partial charge in [-0.15, -0.1) is 0 Å². The Morgan fingerprint density at radius 3 is 2.37 bits per heavy atom. The fourth-order valence-electron chi connectivity index (χ4n) is 4.75. The number of hydrogen-bond acceptors (Lipinski definition) is 4. The molecule has 27 heavy (non-hydrogen) atoms. The highest BCUT2D eigenvalue weighted by Crippen LogP contribution is 2.43. The van der Waals surface area contributed by atoms with Crippen LogP contribution in [-0.4, -0.2) is 62.1 Å². The highest BCUT2D eigenvalue weighted by molar-refractivity contribution is 7.90. The zero-order valence-electron chi connectivity index (χ0n) is 16.8. The van der Waals surface area contributed by atoms with E-state index in [2.05, 4.69) is 23.8 Å². The molecule has 6 heteroatoms. The molecule has 150 valence electrons. The Labute approximate surface area is 163 Å².